The van der Waals surface area contributed by atoms with Crippen LogP contribution in [0.25, 0.3) is 27.3 Å². The van der Waals surface area contributed by atoms with E-state index in [0.717, 1.165) is 64.1 Å². The molecule has 0 radical (unpaired) electrons. The largest absolute Gasteiger partial charge is 0.344 e. The van der Waals surface area contributed by atoms with Crippen LogP contribution in [0, 0.1) is 13.8 Å². The molecule has 0 aromatic carbocycles. The summed E-state index contributed by atoms with van der Waals surface area (Å²) in [7, 11) is 3.86. The third-order valence-electron chi connectivity index (χ3n) is 6.71. The normalized spacial score (nSPS) is 14.9. The van der Waals surface area contributed by atoms with Gasteiger partial charge in [-0.15, -0.1) is 0 Å². The molecule has 5 rings (SSSR count). The van der Waals surface area contributed by atoms with Crippen molar-refractivity contribution in [2.45, 2.75) is 33.6 Å². The van der Waals surface area contributed by atoms with E-state index in [0.29, 0.717) is 12.5 Å². The number of nitrogens with zero attached hydrogens (tertiary/aromatic N) is 7. The Hall–Kier alpha value is -2.98. The number of hydrogen-bond acceptors (Lipinski definition) is 7. The van der Waals surface area contributed by atoms with E-state index in [4.69, 9.17) is 4.98 Å². The molecule has 34 heavy (non-hydrogen) atoms. The summed E-state index contributed by atoms with van der Waals surface area (Å²) in [6.45, 7) is 12.2. The standard InChI is InChI=1S/C24H32N8OS/c1-14(2)19-20(17-11-32-22(25-13-26-32)16(4)15(17)3)27-23-21(19)28-24(34-23)31-9-7-30(8-10-31)18(33)12-29(5)6/h11,13-14,27H,7-10,12H2,1-6H3. The van der Waals surface area contributed by atoms with Gasteiger partial charge < -0.3 is 19.7 Å². The molecular formula is C24H32N8OS. The van der Waals surface area contributed by atoms with Crippen LogP contribution in [0.1, 0.15) is 36.5 Å². The van der Waals surface area contributed by atoms with Crippen LogP contribution in [0.3, 0.4) is 0 Å². The summed E-state index contributed by atoms with van der Waals surface area (Å²) in [5.74, 6) is 0.503. The van der Waals surface area contributed by atoms with Gasteiger partial charge in [0.25, 0.3) is 0 Å². The maximum Gasteiger partial charge on any atom is 0.236 e. The summed E-state index contributed by atoms with van der Waals surface area (Å²) in [5, 5.41) is 5.40. The van der Waals surface area contributed by atoms with Crippen molar-refractivity contribution in [3.63, 3.8) is 0 Å². The molecule has 4 aromatic heterocycles. The van der Waals surface area contributed by atoms with Gasteiger partial charge in [0.2, 0.25) is 5.91 Å². The van der Waals surface area contributed by atoms with Crippen LogP contribution in [-0.2, 0) is 4.79 Å². The Morgan fingerprint density at radius 2 is 1.91 bits per heavy atom. The number of H-pyrrole nitrogens is 1. The predicted octanol–water partition coefficient (Wildman–Crippen LogP) is 3.28. The highest BCUT2D eigenvalue weighted by atomic mass is 32.1. The summed E-state index contributed by atoms with van der Waals surface area (Å²) in [4.78, 5) is 32.9. The Morgan fingerprint density at radius 3 is 2.59 bits per heavy atom. The number of pyridine rings is 1. The number of carbonyl (C=O) groups is 1. The minimum Gasteiger partial charge on any atom is -0.344 e. The Bertz CT molecular complexity index is 1360. The van der Waals surface area contributed by atoms with Crippen molar-refractivity contribution < 1.29 is 4.79 Å². The fraction of sp³-hybridized carbons (Fsp3) is 0.500. The first-order valence-electron chi connectivity index (χ1n) is 11.7. The second kappa shape index (κ2) is 8.66. The summed E-state index contributed by atoms with van der Waals surface area (Å²) in [6.07, 6.45) is 3.67. The van der Waals surface area contributed by atoms with Gasteiger partial charge in [0.15, 0.2) is 10.8 Å². The number of aryl methyl sites for hydroxylation is 1. The van der Waals surface area contributed by atoms with E-state index in [2.05, 4.69) is 53.9 Å². The second-order valence-corrected chi connectivity index (χ2v) is 10.6. The van der Waals surface area contributed by atoms with Crippen molar-refractivity contribution in [1.82, 2.24) is 34.4 Å². The molecule has 0 aliphatic carbocycles. The van der Waals surface area contributed by atoms with Gasteiger partial charge in [-0.3, -0.25) is 4.79 Å². The van der Waals surface area contributed by atoms with Gasteiger partial charge >= 0.3 is 0 Å². The highest BCUT2D eigenvalue weighted by Crippen LogP contribution is 2.41. The summed E-state index contributed by atoms with van der Waals surface area (Å²) < 4.78 is 1.85. The number of rotatable bonds is 5. The molecule has 1 aliphatic heterocycles. The highest BCUT2D eigenvalue weighted by molar-refractivity contribution is 7.21. The lowest BCUT2D eigenvalue weighted by Crippen LogP contribution is -2.50. The summed E-state index contributed by atoms with van der Waals surface area (Å²) >= 11 is 1.70. The van der Waals surface area contributed by atoms with E-state index < -0.39 is 0 Å². The first kappa shape index (κ1) is 22.8. The lowest BCUT2D eigenvalue weighted by atomic mass is 9.96. The molecule has 0 atom stereocenters. The Labute approximate surface area is 203 Å². The number of anilines is 1. The van der Waals surface area contributed by atoms with Crippen molar-refractivity contribution in [3.8, 4) is 11.3 Å². The number of amides is 1. The first-order chi connectivity index (χ1) is 16.2. The zero-order valence-corrected chi connectivity index (χ0v) is 21.5. The lowest BCUT2D eigenvalue weighted by Gasteiger charge is -2.35. The van der Waals surface area contributed by atoms with Gasteiger partial charge in [0.1, 0.15) is 16.7 Å². The fourth-order valence-corrected chi connectivity index (χ4v) is 5.79. The molecule has 1 aliphatic rings. The van der Waals surface area contributed by atoms with Crippen LogP contribution in [0.15, 0.2) is 12.5 Å². The van der Waals surface area contributed by atoms with Gasteiger partial charge in [0.05, 0.1) is 12.2 Å². The molecular weight excluding hydrogens is 448 g/mol. The minimum atomic E-state index is 0.192. The van der Waals surface area contributed by atoms with E-state index in [1.54, 1.807) is 17.7 Å². The molecule has 1 saturated heterocycles. The molecule has 0 saturated carbocycles. The SMILES string of the molecule is Cc1c(-c2[nH]c3sc(N4CCN(C(=O)CN(C)C)CC4)nc3c2C(C)C)cn2ncnc2c1C. The van der Waals surface area contributed by atoms with Crippen molar-refractivity contribution in [2.75, 3.05) is 51.7 Å². The van der Waals surface area contributed by atoms with Crippen molar-refractivity contribution in [3.05, 3.63) is 29.2 Å². The summed E-state index contributed by atoms with van der Waals surface area (Å²) in [6, 6.07) is 0. The van der Waals surface area contributed by atoms with Gasteiger partial charge in [-0.1, -0.05) is 25.2 Å². The minimum absolute atomic E-state index is 0.192. The van der Waals surface area contributed by atoms with Crippen LogP contribution >= 0.6 is 11.3 Å². The van der Waals surface area contributed by atoms with Crippen LogP contribution in [0.5, 0.6) is 0 Å². The number of aromatic nitrogens is 5. The van der Waals surface area contributed by atoms with E-state index in [1.165, 1.54) is 11.1 Å². The number of piperazine rings is 1. The summed E-state index contributed by atoms with van der Waals surface area (Å²) in [5.41, 5.74) is 7.77. The topological polar surface area (TPSA) is 85.7 Å². The van der Waals surface area contributed by atoms with E-state index >= 15 is 0 Å². The highest BCUT2D eigenvalue weighted by Gasteiger charge is 2.26. The Kier molecular flexibility index (Phi) is 5.81. The van der Waals surface area contributed by atoms with E-state index in [-0.39, 0.29) is 5.91 Å². The number of hydrogen-bond donors (Lipinski definition) is 1. The molecule has 0 unspecified atom stereocenters. The molecule has 0 spiro atoms. The van der Waals surface area contributed by atoms with Crippen LogP contribution < -0.4 is 4.90 Å². The molecule has 10 heteroatoms. The van der Waals surface area contributed by atoms with Crippen LogP contribution in [0.4, 0.5) is 5.13 Å². The van der Waals surface area contributed by atoms with Crippen molar-refractivity contribution in [1.29, 1.82) is 0 Å². The Morgan fingerprint density at radius 1 is 1.18 bits per heavy atom. The smallest absolute Gasteiger partial charge is 0.236 e. The monoisotopic (exact) mass is 480 g/mol. The number of fused-ring (bicyclic) bond motifs is 2. The average molecular weight is 481 g/mol. The maximum absolute atomic E-state index is 12.4. The quantitative estimate of drug-likeness (QED) is 0.472. The van der Waals surface area contributed by atoms with Gasteiger partial charge in [0, 0.05) is 43.5 Å². The van der Waals surface area contributed by atoms with Gasteiger partial charge in [-0.2, -0.15) is 5.10 Å². The number of thiazole rings is 1. The molecule has 1 fully saturated rings. The molecule has 4 aromatic rings. The zero-order valence-electron chi connectivity index (χ0n) is 20.7. The van der Waals surface area contributed by atoms with Crippen molar-refractivity contribution in [2.24, 2.45) is 0 Å². The fourth-order valence-electron chi connectivity index (χ4n) is 4.76. The number of aromatic amines is 1. The molecule has 0 bridgehead atoms. The van der Waals surface area contributed by atoms with Crippen LogP contribution in [0.2, 0.25) is 0 Å². The number of likely N-dealkylation sites (N-methyl/N-ethyl adjacent to an activating group) is 1. The molecule has 9 nitrogen and oxygen atoms in total. The third-order valence-corrected chi connectivity index (χ3v) is 7.74. The number of carbonyl (C=O) groups excluding carboxylic acids is 1. The van der Waals surface area contributed by atoms with Gasteiger partial charge in [-0.05, 0) is 45.0 Å². The van der Waals surface area contributed by atoms with Crippen LogP contribution in [-0.4, -0.2) is 87.1 Å². The molecule has 180 valence electrons. The first-order valence-corrected chi connectivity index (χ1v) is 12.6. The second-order valence-electron chi connectivity index (χ2n) is 9.67. The lowest BCUT2D eigenvalue weighted by molar-refractivity contribution is -0.132. The average Bonchev–Trinajstić information content (AvgIpc) is 3.49. The zero-order chi connectivity index (χ0) is 24.1. The molecule has 1 amide bonds. The van der Waals surface area contributed by atoms with Gasteiger partial charge in [-0.25, -0.2) is 14.5 Å². The predicted molar refractivity (Wildman–Crippen MR) is 137 cm³/mol. The van der Waals surface area contributed by atoms with E-state index in [9.17, 15) is 4.79 Å². The van der Waals surface area contributed by atoms with Crippen molar-refractivity contribution >= 4 is 38.4 Å². The van der Waals surface area contributed by atoms with E-state index in [1.807, 2.05) is 28.4 Å². The Balaban J connectivity index is 1.46. The molecule has 1 N–H and O–H groups in total. The number of nitrogens with one attached hydrogen (secondary N) is 1. The maximum atomic E-state index is 12.4. The third kappa shape index (κ3) is 3.84. The molecule has 5 heterocycles.